The van der Waals surface area contributed by atoms with Crippen LogP contribution in [0.15, 0.2) is 41.2 Å². The molecule has 1 aromatic heterocycles. The van der Waals surface area contributed by atoms with E-state index in [1.54, 1.807) is 11.0 Å². The number of carbonyl (C=O) groups excluding carboxylic acids is 2. The van der Waals surface area contributed by atoms with Gasteiger partial charge < -0.3 is 19.4 Å². The molecule has 0 radical (unpaired) electrons. The Hall–Kier alpha value is -2.60. The van der Waals surface area contributed by atoms with Crippen molar-refractivity contribution in [3.8, 4) is 0 Å². The Labute approximate surface area is 145 Å². The summed E-state index contributed by atoms with van der Waals surface area (Å²) in [7, 11) is 0. The molecule has 2 aliphatic heterocycles. The van der Waals surface area contributed by atoms with E-state index < -0.39 is 0 Å². The smallest absolute Gasteiger partial charge is 0.257 e. The SMILES string of the molecule is O=C(Nc1ccc2c(c1)CN(C(=O)c1ccoc1)CC2)[C@H]1CCCO1. The van der Waals surface area contributed by atoms with E-state index >= 15 is 0 Å². The van der Waals surface area contributed by atoms with E-state index in [0.29, 0.717) is 25.3 Å². The van der Waals surface area contributed by atoms with E-state index in [1.807, 2.05) is 18.2 Å². The van der Waals surface area contributed by atoms with Gasteiger partial charge in [-0.25, -0.2) is 0 Å². The number of nitrogens with one attached hydrogen (secondary N) is 1. The second kappa shape index (κ2) is 6.72. The Morgan fingerprint density at radius 3 is 2.88 bits per heavy atom. The number of nitrogens with zero attached hydrogens (tertiary/aromatic N) is 1. The van der Waals surface area contributed by atoms with E-state index in [1.165, 1.54) is 18.1 Å². The van der Waals surface area contributed by atoms with Gasteiger partial charge in [0.15, 0.2) is 0 Å². The molecule has 4 rings (SSSR count). The van der Waals surface area contributed by atoms with Crippen molar-refractivity contribution >= 4 is 17.5 Å². The van der Waals surface area contributed by atoms with Gasteiger partial charge in [0, 0.05) is 25.4 Å². The van der Waals surface area contributed by atoms with Gasteiger partial charge in [-0.05, 0) is 48.6 Å². The Balaban J connectivity index is 1.47. The standard InChI is InChI=1S/C19H20N2O4/c22-18(17-2-1-8-25-17)20-16-4-3-13-5-7-21(11-15(13)10-16)19(23)14-6-9-24-12-14/h3-4,6,9-10,12,17H,1-2,5,7-8,11H2,(H,20,22)/t17-/m1/s1. The van der Waals surface area contributed by atoms with Gasteiger partial charge >= 0.3 is 0 Å². The molecular formula is C19H20N2O4. The molecule has 6 heteroatoms. The van der Waals surface area contributed by atoms with Crippen LogP contribution in [0.2, 0.25) is 0 Å². The van der Waals surface area contributed by atoms with Crippen molar-refractivity contribution in [2.24, 2.45) is 0 Å². The highest BCUT2D eigenvalue weighted by molar-refractivity contribution is 5.95. The molecule has 2 amide bonds. The average molecular weight is 340 g/mol. The molecule has 2 aromatic rings. The fourth-order valence-corrected chi connectivity index (χ4v) is 3.38. The number of hydrogen-bond acceptors (Lipinski definition) is 4. The highest BCUT2D eigenvalue weighted by atomic mass is 16.5. The molecule has 130 valence electrons. The predicted octanol–water partition coefficient (Wildman–Crippen LogP) is 2.60. The normalized spacial score (nSPS) is 19.5. The predicted molar refractivity (Wildman–Crippen MR) is 91.2 cm³/mol. The lowest BCUT2D eigenvalue weighted by molar-refractivity contribution is -0.124. The topological polar surface area (TPSA) is 71.8 Å². The molecule has 2 aliphatic rings. The van der Waals surface area contributed by atoms with Gasteiger partial charge in [-0.1, -0.05) is 6.07 Å². The largest absolute Gasteiger partial charge is 0.472 e. The molecule has 1 aromatic carbocycles. The molecule has 0 unspecified atom stereocenters. The quantitative estimate of drug-likeness (QED) is 0.932. The zero-order chi connectivity index (χ0) is 17.2. The lowest BCUT2D eigenvalue weighted by Crippen LogP contribution is -2.35. The Morgan fingerprint density at radius 1 is 1.20 bits per heavy atom. The van der Waals surface area contributed by atoms with Crippen molar-refractivity contribution in [2.45, 2.75) is 31.9 Å². The van der Waals surface area contributed by atoms with E-state index in [4.69, 9.17) is 9.15 Å². The summed E-state index contributed by atoms with van der Waals surface area (Å²) in [6, 6.07) is 7.58. The highest BCUT2D eigenvalue weighted by Gasteiger charge is 2.25. The molecule has 0 spiro atoms. The molecule has 3 heterocycles. The molecule has 1 N–H and O–H groups in total. The summed E-state index contributed by atoms with van der Waals surface area (Å²) in [5.41, 5.74) is 3.59. The van der Waals surface area contributed by atoms with Crippen LogP contribution in [-0.4, -0.2) is 36.0 Å². The first-order valence-electron chi connectivity index (χ1n) is 8.56. The minimum Gasteiger partial charge on any atom is -0.472 e. The molecule has 0 bridgehead atoms. The third-order valence-electron chi connectivity index (χ3n) is 4.76. The third-order valence-corrected chi connectivity index (χ3v) is 4.76. The number of rotatable bonds is 3. The fourth-order valence-electron chi connectivity index (χ4n) is 3.38. The van der Waals surface area contributed by atoms with Crippen molar-refractivity contribution in [2.75, 3.05) is 18.5 Å². The summed E-state index contributed by atoms with van der Waals surface area (Å²) < 4.78 is 10.4. The molecule has 0 aliphatic carbocycles. The van der Waals surface area contributed by atoms with Crippen molar-refractivity contribution in [3.05, 3.63) is 53.5 Å². The van der Waals surface area contributed by atoms with E-state index in [-0.39, 0.29) is 17.9 Å². The molecule has 6 nitrogen and oxygen atoms in total. The van der Waals surface area contributed by atoms with E-state index in [2.05, 4.69) is 5.32 Å². The van der Waals surface area contributed by atoms with Crippen LogP contribution in [0.1, 0.15) is 34.3 Å². The second-order valence-corrected chi connectivity index (χ2v) is 6.46. The first-order valence-corrected chi connectivity index (χ1v) is 8.56. The van der Waals surface area contributed by atoms with Crippen molar-refractivity contribution in [1.29, 1.82) is 0 Å². The second-order valence-electron chi connectivity index (χ2n) is 6.46. The van der Waals surface area contributed by atoms with Crippen LogP contribution in [0.25, 0.3) is 0 Å². The van der Waals surface area contributed by atoms with Crippen LogP contribution in [0, 0.1) is 0 Å². The summed E-state index contributed by atoms with van der Waals surface area (Å²) in [6.07, 6.45) is 5.12. The zero-order valence-electron chi connectivity index (χ0n) is 13.9. The fraction of sp³-hybridized carbons (Fsp3) is 0.368. The number of carbonyl (C=O) groups is 2. The summed E-state index contributed by atoms with van der Waals surface area (Å²) in [5, 5.41) is 2.92. The number of ether oxygens (including phenoxy) is 1. The van der Waals surface area contributed by atoms with E-state index in [9.17, 15) is 9.59 Å². The maximum absolute atomic E-state index is 12.5. The summed E-state index contributed by atoms with van der Waals surface area (Å²) in [6.45, 7) is 1.86. The highest BCUT2D eigenvalue weighted by Crippen LogP contribution is 2.24. The minimum absolute atomic E-state index is 0.0341. The molecular weight excluding hydrogens is 320 g/mol. The van der Waals surface area contributed by atoms with Crippen LogP contribution in [-0.2, 0) is 22.5 Å². The lowest BCUT2D eigenvalue weighted by Gasteiger charge is -2.29. The van der Waals surface area contributed by atoms with E-state index in [0.717, 1.165) is 30.5 Å². The number of hydrogen-bond donors (Lipinski definition) is 1. The van der Waals surface area contributed by atoms with Crippen molar-refractivity contribution < 1.29 is 18.7 Å². The van der Waals surface area contributed by atoms with Gasteiger partial charge in [0.2, 0.25) is 0 Å². The summed E-state index contributed by atoms with van der Waals surface area (Å²) >= 11 is 0. The Bertz CT molecular complexity index is 779. The summed E-state index contributed by atoms with van der Waals surface area (Å²) in [5.74, 6) is -0.132. The molecule has 1 atom stereocenters. The maximum Gasteiger partial charge on any atom is 0.257 e. The molecule has 25 heavy (non-hydrogen) atoms. The lowest BCUT2D eigenvalue weighted by atomic mass is 9.98. The van der Waals surface area contributed by atoms with Gasteiger partial charge in [-0.3, -0.25) is 9.59 Å². The van der Waals surface area contributed by atoms with Crippen LogP contribution in [0.5, 0.6) is 0 Å². The number of fused-ring (bicyclic) bond motifs is 1. The molecule has 1 saturated heterocycles. The van der Waals surface area contributed by atoms with Gasteiger partial charge in [0.1, 0.15) is 12.4 Å². The maximum atomic E-state index is 12.5. The van der Waals surface area contributed by atoms with Crippen LogP contribution in [0.3, 0.4) is 0 Å². The Kier molecular flexibility index (Phi) is 4.28. The first kappa shape index (κ1) is 15.9. The van der Waals surface area contributed by atoms with Crippen LogP contribution >= 0.6 is 0 Å². The van der Waals surface area contributed by atoms with Gasteiger partial charge in [-0.15, -0.1) is 0 Å². The van der Waals surface area contributed by atoms with Gasteiger partial charge in [-0.2, -0.15) is 0 Å². The third kappa shape index (κ3) is 3.30. The van der Waals surface area contributed by atoms with Crippen molar-refractivity contribution in [1.82, 2.24) is 4.90 Å². The van der Waals surface area contributed by atoms with Gasteiger partial charge in [0.25, 0.3) is 11.8 Å². The minimum atomic E-state index is -0.352. The Morgan fingerprint density at radius 2 is 2.12 bits per heavy atom. The monoisotopic (exact) mass is 340 g/mol. The molecule has 0 saturated carbocycles. The van der Waals surface area contributed by atoms with Crippen LogP contribution in [0.4, 0.5) is 5.69 Å². The molecule has 1 fully saturated rings. The zero-order valence-corrected chi connectivity index (χ0v) is 13.9. The van der Waals surface area contributed by atoms with Crippen LogP contribution < -0.4 is 5.32 Å². The average Bonchev–Trinajstić information content (AvgIpc) is 3.34. The van der Waals surface area contributed by atoms with Crippen molar-refractivity contribution in [3.63, 3.8) is 0 Å². The number of furan rings is 1. The number of amides is 2. The number of anilines is 1. The first-order chi connectivity index (χ1) is 12.2. The number of benzene rings is 1. The van der Waals surface area contributed by atoms with Gasteiger partial charge in [0.05, 0.1) is 11.8 Å². The summed E-state index contributed by atoms with van der Waals surface area (Å²) in [4.78, 5) is 26.5.